The first-order chi connectivity index (χ1) is 30.3. The third kappa shape index (κ3) is 4.88. The van der Waals surface area contributed by atoms with Crippen molar-refractivity contribution in [2.24, 2.45) is 0 Å². The summed E-state index contributed by atoms with van der Waals surface area (Å²) in [5, 5.41) is 5.17. The fourth-order valence-electron chi connectivity index (χ4n) is 10.8. The molecular formula is C59H37NS. The van der Waals surface area contributed by atoms with Crippen molar-refractivity contribution in [2.45, 2.75) is 5.41 Å². The summed E-state index contributed by atoms with van der Waals surface area (Å²) < 4.78 is 2.60. The lowest BCUT2D eigenvalue weighted by molar-refractivity contribution is 0.794. The Labute approximate surface area is 359 Å². The highest BCUT2D eigenvalue weighted by molar-refractivity contribution is 7.26. The van der Waals surface area contributed by atoms with Gasteiger partial charge in [0, 0.05) is 42.5 Å². The number of hydrogen-bond acceptors (Lipinski definition) is 2. The molecule has 1 heterocycles. The highest BCUT2D eigenvalue weighted by Gasteiger charge is 2.52. The zero-order valence-corrected chi connectivity index (χ0v) is 34.0. The lowest BCUT2D eigenvalue weighted by Gasteiger charge is -2.32. The third-order valence-corrected chi connectivity index (χ3v) is 14.5. The summed E-state index contributed by atoms with van der Waals surface area (Å²) in [5.74, 6) is 0. The van der Waals surface area contributed by atoms with E-state index in [-0.39, 0.29) is 0 Å². The molecule has 0 bridgehead atoms. The van der Waals surface area contributed by atoms with E-state index in [1.54, 1.807) is 0 Å². The molecule has 0 amide bonds. The Bertz CT molecular complexity index is 3500. The standard InChI is InChI=1S/C59H37NS/c1-3-17-38(18-4-1)40-21-15-22-41(35-40)60(42-33-34-46-50-37-49(39-19-5-2-6-20-39)43-23-7-8-26-47(43)58(50)61-56(46)36-42)55-32-16-31-54-57(55)48-27-11-14-30-53(48)59(54)51-28-12-9-24-44(51)45-25-10-13-29-52(45)59/h1-37H. The van der Waals surface area contributed by atoms with Crippen LogP contribution in [-0.4, -0.2) is 0 Å². The first kappa shape index (κ1) is 34.4. The van der Waals surface area contributed by atoms with Gasteiger partial charge in [-0.3, -0.25) is 0 Å². The average Bonchev–Trinajstić information content (AvgIpc) is 3.96. The van der Waals surface area contributed by atoms with Crippen LogP contribution in [0.4, 0.5) is 17.1 Å². The van der Waals surface area contributed by atoms with E-state index >= 15 is 0 Å². The van der Waals surface area contributed by atoms with Gasteiger partial charge in [0.15, 0.2) is 0 Å². The van der Waals surface area contributed by atoms with Crippen LogP contribution in [0.1, 0.15) is 22.3 Å². The molecule has 11 aromatic rings. The molecule has 0 atom stereocenters. The van der Waals surface area contributed by atoms with E-state index in [0.29, 0.717) is 0 Å². The van der Waals surface area contributed by atoms with Crippen molar-refractivity contribution < 1.29 is 0 Å². The van der Waals surface area contributed by atoms with E-state index in [0.717, 1.165) is 11.4 Å². The van der Waals surface area contributed by atoms with Gasteiger partial charge in [-0.1, -0.05) is 188 Å². The van der Waals surface area contributed by atoms with Crippen molar-refractivity contribution in [3.63, 3.8) is 0 Å². The third-order valence-electron chi connectivity index (χ3n) is 13.3. The molecule has 0 radical (unpaired) electrons. The fourth-order valence-corrected chi connectivity index (χ4v) is 12.0. The van der Waals surface area contributed by atoms with Gasteiger partial charge in [-0.25, -0.2) is 0 Å². The maximum absolute atomic E-state index is 2.52. The number of anilines is 3. The van der Waals surface area contributed by atoms with Gasteiger partial charge >= 0.3 is 0 Å². The molecule has 0 unspecified atom stereocenters. The zero-order valence-electron chi connectivity index (χ0n) is 33.2. The molecule has 2 aliphatic carbocycles. The minimum atomic E-state index is -0.431. The van der Waals surface area contributed by atoms with Gasteiger partial charge in [0.25, 0.3) is 0 Å². The second kappa shape index (κ2) is 13.2. The molecule has 2 heteroatoms. The SMILES string of the molecule is c1ccc(-c2cccc(N(c3ccc4c(c3)sc3c5ccccc5c(-c5ccccc5)cc43)c3cccc4c3-c3ccccc3C43c4ccccc4-c4ccccc43)c2)cc1. The summed E-state index contributed by atoms with van der Waals surface area (Å²) in [7, 11) is 0. The van der Waals surface area contributed by atoms with Crippen LogP contribution in [-0.2, 0) is 5.41 Å². The lowest BCUT2D eigenvalue weighted by atomic mass is 9.70. The van der Waals surface area contributed by atoms with Crippen LogP contribution in [0.15, 0.2) is 224 Å². The van der Waals surface area contributed by atoms with E-state index in [1.165, 1.54) is 103 Å². The largest absolute Gasteiger partial charge is 0.310 e. The van der Waals surface area contributed by atoms with Gasteiger partial charge in [0.05, 0.1) is 11.1 Å². The molecule has 2 aliphatic rings. The molecule has 0 fully saturated rings. The number of rotatable bonds is 5. The van der Waals surface area contributed by atoms with Crippen molar-refractivity contribution in [2.75, 3.05) is 4.90 Å². The van der Waals surface area contributed by atoms with Crippen molar-refractivity contribution >= 4 is 59.3 Å². The second-order valence-corrected chi connectivity index (χ2v) is 17.4. The van der Waals surface area contributed by atoms with Crippen LogP contribution in [0.25, 0.3) is 75.5 Å². The normalized spacial score (nSPS) is 13.0. The number of nitrogens with zero attached hydrogens (tertiary/aromatic N) is 1. The minimum Gasteiger partial charge on any atom is -0.310 e. The van der Waals surface area contributed by atoms with Crippen LogP contribution in [0.3, 0.4) is 0 Å². The summed E-state index contributed by atoms with van der Waals surface area (Å²) in [4.78, 5) is 2.52. The Kier molecular flexibility index (Phi) is 7.46. The van der Waals surface area contributed by atoms with Crippen LogP contribution >= 0.6 is 11.3 Å². The lowest BCUT2D eigenvalue weighted by Crippen LogP contribution is -2.26. The average molecular weight is 792 g/mol. The van der Waals surface area contributed by atoms with Crippen molar-refractivity contribution in [3.05, 3.63) is 247 Å². The molecule has 1 spiro atoms. The highest BCUT2D eigenvalue weighted by atomic mass is 32.1. The maximum Gasteiger partial charge on any atom is 0.0726 e. The first-order valence-corrected chi connectivity index (χ1v) is 21.9. The Balaban J connectivity index is 1.08. The van der Waals surface area contributed by atoms with E-state index in [1.807, 2.05) is 11.3 Å². The summed E-state index contributed by atoms with van der Waals surface area (Å²) in [6.45, 7) is 0. The predicted molar refractivity (Wildman–Crippen MR) is 259 cm³/mol. The van der Waals surface area contributed by atoms with Gasteiger partial charge in [-0.15, -0.1) is 11.3 Å². The van der Waals surface area contributed by atoms with E-state index in [4.69, 9.17) is 0 Å². The summed E-state index contributed by atoms with van der Waals surface area (Å²) in [6, 6.07) is 83.4. The molecule has 13 rings (SSSR count). The maximum atomic E-state index is 2.52. The molecule has 10 aromatic carbocycles. The number of benzene rings is 10. The molecule has 284 valence electrons. The van der Waals surface area contributed by atoms with Gasteiger partial charge in [-0.05, 0) is 103 Å². The number of thiophene rings is 1. The van der Waals surface area contributed by atoms with Crippen molar-refractivity contribution in [1.29, 1.82) is 0 Å². The molecule has 0 saturated carbocycles. The summed E-state index contributed by atoms with van der Waals surface area (Å²) in [5.41, 5.74) is 18.5. The van der Waals surface area contributed by atoms with Gasteiger partial charge < -0.3 is 4.90 Å². The molecular weight excluding hydrogens is 755 g/mol. The Hall–Kier alpha value is -7.52. The molecule has 0 aliphatic heterocycles. The van der Waals surface area contributed by atoms with Crippen molar-refractivity contribution in [1.82, 2.24) is 0 Å². The first-order valence-electron chi connectivity index (χ1n) is 21.1. The summed E-state index contributed by atoms with van der Waals surface area (Å²) >= 11 is 1.90. The Morgan fingerprint density at radius 3 is 1.62 bits per heavy atom. The summed E-state index contributed by atoms with van der Waals surface area (Å²) in [6.07, 6.45) is 0. The van der Waals surface area contributed by atoms with E-state index < -0.39 is 5.41 Å². The van der Waals surface area contributed by atoms with Crippen molar-refractivity contribution in [3.8, 4) is 44.5 Å². The topological polar surface area (TPSA) is 3.24 Å². The highest BCUT2D eigenvalue weighted by Crippen LogP contribution is 2.64. The quantitative estimate of drug-likeness (QED) is 0.168. The smallest absolute Gasteiger partial charge is 0.0726 e. The molecule has 0 saturated heterocycles. The predicted octanol–water partition coefficient (Wildman–Crippen LogP) is 16.4. The van der Waals surface area contributed by atoms with Gasteiger partial charge in [-0.2, -0.15) is 0 Å². The number of fused-ring (bicyclic) bond motifs is 15. The number of hydrogen-bond donors (Lipinski definition) is 0. The van der Waals surface area contributed by atoms with Gasteiger partial charge in [0.1, 0.15) is 0 Å². The fraction of sp³-hybridized carbons (Fsp3) is 0.0169. The monoisotopic (exact) mass is 791 g/mol. The molecule has 1 aromatic heterocycles. The van der Waals surface area contributed by atoms with Crippen LogP contribution in [0, 0.1) is 0 Å². The van der Waals surface area contributed by atoms with Gasteiger partial charge in [0.2, 0.25) is 0 Å². The van der Waals surface area contributed by atoms with Crippen LogP contribution < -0.4 is 4.90 Å². The van der Waals surface area contributed by atoms with E-state index in [9.17, 15) is 0 Å². The van der Waals surface area contributed by atoms with E-state index in [2.05, 4.69) is 229 Å². The molecule has 0 N–H and O–H groups in total. The second-order valence-electron chi connectivity index (χ2n) is 16.3. The Morgan fingerprint density at radius 2 is 0.885 bits per heavy atom. The van der Waals surface area contributed by atoms with Crippen LogP contribution in [0.5, 0.6) is 0 Å². The minimum absolute atomic E-state index is 0.431. The van der Waals surface area contributed by atoms with Crippen LogP contribution in [0.2, 0.25) is 0 Å². The Morgan fingerprint density at radius 1 is 0.328 bits per heavy atom. The molecule has 1 nitrogen and oxygen atoms in total. The zero-order chi connectivity index (χ0) is 40.1. The molecule has 61 heavy (non-hydrogen) atoms.